The molecule has 0 amide bonds. The van der Waals surface area contributed by atoms with Gasteiger partial charge in [-0.25, -0.2) is 4.79 Å². The lowest BCUT2D eigenvalue weighted by atomic mass is 9.90. The molecule has 0 bridgehead atoms. The predicted molar refractivity (Wildman–Crippen MR) is 114 cm³/mol. The van der Waals surface area contributed by atoms with Gasteiger partial charge in [-0.2, -0.15) is 0 Å². The smallest absolute Gasteiger partial charge is 0.339 e. The van der Waals surface area contributed by atoms with Gasteiger partial charge in [0.1, 0.15) is 11.5 Å². The molecule has 2 N–H and O–H groups in total. The third-order valence-electron chi connectivity index (χ3n) is 5.93. The number of furan rings is 1. The highest BCUT2D eigenvalue weighted by molar-refractivity contribution is 6.05. The van der Waals surface area contributed by atoms with Crippen molar-refractivity contribution in [1.29, 1.82) is 0 Å². The number of methoxy groups -OCH3 is 1. The number of ether oxygens (including phenoxy) is 1. The summed E-state index contributed by atoms with van der Waals surface area (Å²) in [5.74, 6) is -0.299. The second-order valence-corrected chi connectivity index (χ2v) is 7.74. The fourth-order valence-corrected chi connectivity index (χ4v) is 4.46. The van der Waals surface area contributed by atoms with Gasteiger partial charge in [0.05, 0.1) is 13.5 Å². The van der Waals surface area contributed by atoms with E-state index in [-0.39, 0.29) is 23.3 Å². The summed E-state index contributed by atoms with van der Waals surface area (Å²) in [6.07, 6.45) is 2.92. The van der Waals surface area contributed by atoms with E-state index in [4.69, 9.17) is 13.6 Å². The molecule has 2 aromatic carbocycles. The zero-order valence-corrected chi connectivity index (χ0v) is 16.9. The van der Waals surface area contributed by atoms with Gasteiger partial charge in [-0.15, -0.1) is 0 Å². The van der Waals surface area contributed by atoms with Gasteiger partial charge >= 0.3 is 11.6 Å². The molecule has 0 saturated carbocycles. The van der Waals surface area contributed by atoms with Crippen LogP contribution in [0.25, 0.3) is 33.3 Å². The lowest BCUT2D eigenvalue weighted by Gasteiger charge is -2.16. The van der Waals surface area contributed by atoms with E-state index in [9.17, 15) is 19.8 Å². The van der Waals surface area contributed by atoms with Gasteiger partial charge in [0.15, 0.2) is 11.2 Å². The van der Waals surface area contributed by atoms with Crippen LogP contribution in [-0.4, -0.2) is 23.3 Å². The minimum absolute atomic E-state index is 0.0788. The number of rotatable bonds is 4. The van der Waals surface area contributed by atoms with Crippen molar-refractivity contribution in [2.75, 3.05) is 7.11 Å². The Kier molecular flexibility index (Phi) is 4.46. The number of benzene rings is 2. The molecule has 0 saturated heterocycles. The summed E-state index contributed by atoms with van der Waals surface area (Å²) in [5.41, 5.74) is 2.35. The molecular weight excluding hydrogens is 400 g/mol. The standard InChI is InChI=1S/C24H20O7/c1-29-13-8-6-12(7-9-13)21-18(11-19(25)26)17-10-16-14-4-2-3-5-15(14)24(28)31-23(16)20(27)22(17)30-21/h6-10,27H,2-5,11H2,1H3,(H,25,26). The fourth-order valence-electron chi connectivity index (χ4n) is 4.46. The van der Waals surface area contributed by atoms with E-state index in [1.807, 2.05) is 0 Å². The lowest BCUT2D eigenvalue weighted by Crippen LogP contribution is -2.15. The molecule has 4 aromatic rings. The number of aliphatic carboxylic acids is 1. The summed E-state index contributed by atoms with van der Waals surface area (Å²) in [6, 6.07) is 8.81. The molecule has 1 aliphatic rings. The average Bonchev–Trinajstić information content (AvgIpc) is 3.13. The molecule has 0 unspecified atom stereocenters. The summed E-state index contributed by atoms with van der Waals surface area (Å²) >= 11 is 0. The first-order chi connectivity index (χ1) is 15.0. The Morgan fingerprint density at radius 3 is 2.39 bits per heavy atom. The first-order valence-electron chi connectivity index (χ1n) is 10.1. The molecule has 7 nitrogen and oxygen atoms in total. The Balaban J connectivity index is 1.84. The molecule has 2 heterocycles. The SMILES string of the molecule is COc1ccc(-c2oc3c(O)c4oc(=O)c5c(c4cc3c2CC(=O)O)CCCC5)cc1. The van der Waals surface area contributed by atoms with E-state index in [1.165, 1.54) is 0 Å². The molecule has 0 aliphatic heterocycles. The van der Waals surface area contributed by atoms with Crippen LogP contribution < -0.4 is 10.4 Å². The van der Waals surface area contributed by atoms with Crippen LogP contribution in [0.4, 0.5) is 0 Å². The molecule has 2 aromatic heterocycles. The molecule has 0 atom stereocenters. The van der Waals surface area contributed by atoms with E-state index in [0.29, 0.717) is 51.8 Å². The van der Waals surface area contributed by atoms with Gasteiger partial charge in [0.25, 0.3) is 0 Å². The summed E-state index contributed by atoms with van der Waals surface area (Å²) < 4.78 is 16.6. The van der Waals surface area contributed by atoms with Crippen molar-refractivity contribution in [3.05, 3.63) is 57.4 Å². The van der Waals surface area contributed by atoms with Crippen molar-refractivity contribution >= 4 is 27.9 Å². The number of phenolic OH excluding ortho intramolecular Hbond substituents is 1. The second kappa shape index (κ2) is 7.19. The monoisotopic (exact) mass is 420 g/mol. The molecule has 158 valence electrons. The number of carbonyl (C=O) groups is 1. The number of carboxylic acid groups (broad SMARTS) is 1. The van der Waals surface area contributed by atoms with Crippen molar-refractivity contribution in [3.63, 3.8) is 0 Å². The average molecular weight is 420 g/mol. The van der Waals surface area contributed by atoms with Crippen LogP contribution in [0, 0.1) is 0 Å². The van der Waals surface area contributed by atoms with Crippen molar-refractivity contribution in [2.45, 2.75) is 32.1 Å². The van der Waals surface area contributed by atoms with Crippen LogP contribution >= 0.6 is 0 Å². The maximum atomic E-state index is 12.5. The van der Waals surface area contributed by atoms with E-state index < -0.39 is 11.6 Å². The number of hydrogen-bond donors (Lipinski definition) is 2. The maximum absolute atomic E-state index is 12.5. The Labute approximate surface area is 176 Å². The van der Waals surface area contributed by atoms with Crippen LogP contribution in [0.1, 0.15) is 29.5 Å². The summed E-state index contributed by atoms with van der Waals surface area (Å²) in [5, 5.41) is 21.6. The normalized spacial score (nSPS) is 13.5. The highest BCUT2D eigenvalue weighted by atomic mass is 16.5. The molecule has 0 spiro atoms. The van der Waals surface area contributed by atoms with Gasteiger partial charge < -0.3 is 23.8 Å². The van der Waals surface area contributed by atoms with Gasteiger partial charge in [-0.1, -0.05) is 0 Å². The van der Waals surface area contributed by atoms with Gasteiger partial charge in [0.2, 0.25) is 5.75 Å². The zero-order chi connectivity index (χ0) is 21.7. The first-order valence-corrected chi connectivity index (χ1v) is 10.1. The fraction of sp³-hybridized carbons (Fsp3) is 0.250. The lowest BCUT2D eigenvalue weighted by molar-refractivity contribution is -0.136. The van der Waals surface area contributed by atoms with Crippen molar-refractivity contribution in [1.82, 2.24) is 0 Å². The Hall–Kier alpha value is -3.74. The Morgan fingerprint density at radius 1 is 1.03 bits per heavy atom. The van der Waals surface area contributed by atoms with Crippen LogP contribution in [0.2, 0.25) is 0 Å². The molecular formula is C24H20O7. The molecule has 5 rings (SSSR count). The minimum Gasteiger partial charge on any atom is -0.502 e. The predicted octanol–water partition coefficient (Wildman–Crippen LogP) is 4.43. The summed E-state index contributed by atoms with van der Waals surface area (Å²) in [4.78, 5) is 24.1. The number of aryl methyl sites for hydroxylation is 1. The molecule has 1 aliphatic carbocycles. The van der Waals surface area contributed by atoms with Crippen molar-refractivity contribution in [2.24, 2.45) is 0 Å². The zero-order valence-electron chi connectivity index (χ0n) is 16.9. The van der Waals surface area contributed by atoms with E-state index in [0.717, 1.165) is 18.4 Å². The molecule has 0 fully saturated rings. The Morgan fingerprint density at radius 2 is 1.71 bits per heavy atom. The van der Waals surface area contributed by atoms with Crippen molar-refractivity contribution in [3.8, 4) is 22.8 Å². The topological polar surface area (TPSA) is 110 Å². The van der Waals surface area contributed by atoms with Gasteiger partial charge in [-0.05, 0) is 61.6 Å². The molecule has 31 heavy (non-hydrogen) atoms. The largest absolute Gasteiger partial charge is 0.502 e. The van der Waals surface area contributed by atoms with E-state index in [1.54, 1.807) is 37.4 Å². The van der Waals surface area contributed by atoms with Gasteiger partial charge in [-0.3, -0.25) is 4.79 Å². The van der Waals surface area contributed by atoms with E-state index in [2.05, 4.69) is 0 Å². The number of fused-ring (bicyclic) bond motifs is 4. The Bertz CT molecular complexity index is 1390. The highest BCUT2D eigenvalue weighted by Gasteiger charge is 2.26. The minimum atomic E-state index is -1.02. The number of carboxylic acids is 1. The van der Waals surface area contributed by atoms with Crippen LogP contribution in [0.3, 0.4) is 0 Å². The van der Waals surface area contributed by atoms with Crippen LogP contribution in [-0.2, 0) is 24.1 Å². The third-order valence-corrected chi connectivity index (χ3v) is 5.93. The highest BCUT2D eigenvalue weighted by Crippen LogP contribution is 2.43. The van der Waals surface area contributed by atoms with Gasteiger partial charge in [0, 0.05) is 27.5 Å². The second-order valence-electron chi connectivity index (χ2n) is 7.74. The number of hydrogen-bond acceptors (Lipinski definition) is 6. The number of phenols is 1. The maximum Gasteiger partial charge on any atom is 0.339 e. The summed E-state index contributed by atoms with van der Waals surface area (Å²) in [6.45, 7) is 0. The van der Waals surface area contributed by atoms with Crippen LogP contribution in [0.15, 0.2) is 44.0 Å². The quantitative estimate of drug-likeness (QED) is 0.470. The van der Waals surface area contributed by atoms with E-state index >= 15 is 0 Å². The van der Waals surface area contributed by atoms with Crippen molar-refractivity contribution < 1.29 is 28.6 Å². The molecule has 0 radical (unpaired) electrons. The first kappa shape index (κ1) is 19.2. The molecule has 7 heteroatoms. The van der Waals surface area contributed by atoms with Crippen LogP contribution in [0.5, 0.6) is 11.5 Å². The third kappa shape index (κ3) is 3.04. The number of aromatic hydroxyl groups is 1. The summed E-state index contributed by atoms with van der Waals surface area (Å²) in [7, 11) is 1.56.